The molecule has 2 fully saturated rings. The highest BCUT2D eigenvalue weighted by Gasteiger charge is 2.50. The van der Waals surface area contributed by atoms with Gasteiger partial charge in [-0.05, 0) is 43.4 Å². The topological polar surface area (TPSA) is 38.3 Å². The van der Waals surface area contributed by atoms with Crippen molar-refractivity contribution in [3.63, 3.8) is 0 Å². The molecule has 0 aromatic heterocycles. The van der Waals surface area contributed by atoms with E-state index in [-0.39, 0.29) is 17.3 Å². The van der Waals surface area contributed by atoms with Crippen LogP contribution in [-0.2, 0) is 9.53 Å². The monoisotopic (exact) mass is 239 g/mol. The number of ether oxygens (including phenoxy) is 1. The molecule has 1 spiro atoms. The Balaban J connectivity index is 2.06. The first-order valence-corrected chi connectivity index (χ1v) is 6.86. The van der Waals surface area contributed by atoms with Crippen LogP contribution in [0, 0.1) is 16.7 Å². The van der Waals surface area contributed by atoms with E-state index in [4.69, 9.17) is 4.74 Å². The number of rotatable bonds is 2. The molecule has 2 rings (SSSR count). The van der Waals surface area contributed by atoms with E-state index < -0.39 is 0 Å². The van der Waals surface area contributed by atoms with Gasteiger partial charge < -0.3 is 10.1 Å². The van der Waals surface area contributed by atoms with Crippen LogP contribution in [0.2, 0.25) is 0 Å². The molecule has 2 aliphatic rings. The van der Waals surface area contributed by atoms with Crippen molar-refractivity contribution < 1.29 is 9.53 Å². The average molecular weight is 239 g/mol. The molecule has 1 aliphatic carbocycles. The van der Waals surface area contributed by atoms with Gasteiger partial charge in [-0.25, -0.2) is 0 Å². The fourth-order valence-corrected chi connectivity index (χ4v) is 3.33. The van der Waals surface area contributed by atoms with Gasteiger partial charge in [-0.2, -0.15) is 0 Å². The third kappa shape index (κ3) is 2.49. The molecule has 1 N–H and O–H groups in total. The highest BCUT2D eigenvalue weighted by Crippen LogP contribution is 2.50. The molecule has 1 heterocycles. The minimum absolute atomic E-state index is 0.0113. The summed E-state index contributed by atoms with van der Waals surface area (Å²) in [4.78, 5) is 12.0. The lowest BCUT2D eigenvalue weighted by Crippen LogP contribution is -2.41. The number of nitrogens with one attached hydrogen (secondary N) is 1. The number of hydrogen-bond donors (Lipinski definition) is 1. The lowest BCUT2D eigenvalue weighted by Gasteiger charge is -2.43. The Morgan fingerprint density at radius 2 is 1.94 bits per heavy atom. The third-order valence-corrected chi connectivity index (χ3v) is 4.74. The maximum atomic E-state index is 12.0. The number of carbonyl (C=O) groups is 1. The van der Waals surface area contributed by atoms with Gasteiger partial charge in [0.2, 0.25) is 0 Å². The van der Waals surface area contributed by atoms with Gasteiger partial charge in [-0.3, -0.25) is 4.79 Å². The van der Waals surface area contributed by atoms with Crippen LogP contribution in [0.5, 0.6) is 0 Å². The Morgan fingerprint density at radius 3 is 2.53 bits per heavy atom. The lowest BCUT2D eigenvalue weighted by atomic mass is 9.61. The predicted octanol–water partition coefficient (Wildman–Crippen LogP) is 2.36. The standard InChI is InChI=1S/C14H25NO2/c1-4-17-12(16)11-9-15-10-14(11)7-5-13(2,3)6-8-14/h11,15H,4-10H2,1-3H3. The van der Waals surface area contributed by atoms with E-state index in [1.165, 1.54) is 12.8 Å². The van der Waals surface area contributed by atoms with Gasteiger partial charge in [-0.1, -0.05) is 13.8 Å². The second-order valence-corrected chi connectivity index (χ2v) is 6.46. The highest BCUT2D eigenvalue weighted by atomic mass is 16.5. The molecule has 0 bridgehead atoms. The zero-order chi connectivity index (χ0) is 12.5. The second-order valence-electron chi connectivity index (χ2n) is 6.46. The fraction of sp³-hybridized carbons (Fsp3) is 0.929. The van der Waals surface area contributed by atoms with Crippen LogP contribution in [0.1, 0.15) is 46.5 Å². The van der Waals surface area contributed by atoms with Crippen molar-refractivity contribution >= 4 is 5.97 Å². The van der Waals surface area contributed by atoms with Gasteiger partial charge in [0.25, 0.3) is 0 Å². The van der Waals surface area contributed by atoms with Crippen LogP contribution in [0.15, 0.2) is 0 Å². The first kappa shape index (κ1) is 12.9. The van der Waals surface area contributed by atoms with E-state index in [0.29, 0.717) is 12.0 Å². The summed E-state index contributed by atoms with van der Waals surface area (Å²) >= 11 is 0. The highest BCUT2D eigenvalue weighted by molar-refractivity contribution is 5.74. The summed E-state index contributed by atoms with van der Waals surface area (Å²) in [5.41, 5.74) is 0.634. The average Bonchev–Trinajstić information content (AvgIpc) is 2.68. The Bertz CT molecular complexity index is 289. The van der Waals surface area contributed by atoms with Crippen LogP contribution in [0.3, 0.4) is 0 Å². The van der Waals surface area contributed by atoms with Gasteiger partial charge in [0, 0.05) is 13.1 Å². The van der Waals surface area contributed by atoms with E-state index in [2.05, 4.69) is 19.2 Å². The Morgan fingerprint density at radius 1 is 1.29 bits per heavy atom. The molecule has 3 nitrogen and oxygen atoms in total. The van der Waals surface area contributed by atoms with Crippen molar-refractivity contribution in [2.24, 2.45) is 16.7 Å². The van der Waals surface area contributed by atoms with Gasteiger partial charge >= 0.3 is 5.97 Å². The molecule has 3 heteroatoms. The molecule has 0 aromatic rings. The minimum atomic E-state index is 0.0113. The maximum Gasteiger partial charge on any atom is 0.310 e. The molecule has 1 aliphatic heterocycles. The summed E-state index contributed by atoms with van der Waals surface area (Å²) in [6.45, 7) is 8.85. The van der Waals surface area contributed by atoms with Crippen LogP contribution < -0.4 is 5.32 Å². The molecular formula is C14H25NO2. The molecule has 17 heavy (non-hydrogen) atoms. The van der Waals surface area contributed by atoms with Crippen LogP contribution in [0.25, 0.3) is 0 Å². The SMILES string of the molecule is CCOC(=O)C1CNCC12CCC(C)(C)CC2. The molecule has 98 valence electrons. The van der Waals surface area contributed by atoms with Crippen LogP contribution >= 0.6 is 0 Å². The molecule has 0 amide bonds. The smallest absolute Gasteiger partial charge is 0.310 e. The van der Waals surface area contributed by atoms with Crippen molar-refractivity contribution in [1.29, 1.82) is 0 Å². The first-order chi connectivity index (χ1) is 7.99. The number of esters is 1. The van der Waals surface area contributed by atoms with Gasteiger partial charge in [0.05, 0.1) is 12.5 Å². The largest absolute Gasteiger partial charge is 0.466 e. The van der Waals surface area contributed by atoms with E-state index >= 15 is 0 Å². The van der Waals surface area contributed by atoms with Crippen molar-refractivity contribution in [3.8, 4) is 0 Å². The molecule has 1 saturated heterocycles. The molecule has 1 unspecified atom stereocenters. The summed E-state index contributed by atoms with van der Waals surface area (Å²) < 4.78 is 5.23. The molecule has 1 saturated carbocycles. The quantitative estimate of drug-likeness (QED) is 0.752. The zero-order valence-corrected chi connectivity index (χ0v) is 11.3. The van der Waals surface area contributed by atoms with E-state index in [1.807, 2.05) is 6.92 Å². The number of hydrogen-bond acceptors (Lipinski definition) is 3. The number of carbonyl (C=O) groups excluding carboxylic acids is 1. The zero-order valence-electron chi connectivity index (χ0n) is 11.3. The summed E-state index contributed by atoms with van der Waals surface area (Å²) in [5, 5.41) is 3.40. The van der Waals surface area contributed by atoms with Crippen molar-refractivity contribution in [1.82, 2.24) is 5.32 Å². The summed E-state index contributed by atoms with van der Waals surface area (Å²) in [6, 6.07) is 0. The molecule has 0 aromatic carbocycles. The van der Waals surface area contributed by atoms with E-state index in [9.17, 15) is 4.79 Å². The molecule has 1 atom stereocenters. The Labute approximate surface area is 104 Å². The van der Waals surface area contributed by atoms with Crippen molar-refractivity contribution in [3.05, 3.63) is 0 Å². The predicted molar refractivity (Wildman–Crippen MR) is 67.7 cm³/mol. The first-order valence-electron chi connectivity index (χ1n) is 6.86. The van der Waals surface area contributed by atoms with Gasteiger partial charge in [-0.15, -0.1) is 0 Å². The van der Waals surface area contributed by atoms with Gasteiger partial charge in [0.1, 0.15) is 0 Å². The van der Waals surface area contributed by atoms with Crippen LogP contribution in [-0.4, -0.2) is 25.7 Å². The van der Waals surface area contributed by atoms with E-state index in [0.717, 1.165) is 25.9 Å². The third-order valence-electron chi connectivity index (χ3n) is 4.74. The lowest BCUT2D eigenvalue weighted by molar-refractivity contribution is -0.152. The van der Waals surface area contributed by atoms with Crippen LogP contribution in [0.4, 0.5) is 0 Å². The Kier molecular flexibility index (Phi) is 3.48. The maximum absolute atomic E-state index is 12.0. The second kappa shape index (κ2) is 4.60. The summed E-state index contributed by atoms with van der Waals surface area (Å²) in [7, 11) is 0. The Hall–Kier alpha value is -0.570. The van der Waals surface area contributed by atoms with Crippen molar-refractivity contribution in [2.45, 2.75) is 46.5 Å². The molecular weight excluding hydrogens is 214 g/mol. The normalized spacial score (nSPS) is 30.4. The summed E-state index contributed by atoms with van der Waals surface area (Å²) in [6.07, 6.45) is 4.78. The van der Waals surface area contributed by atoms with Crippen molar-refractivity contribution in [2.75, 3.05) is 19.7 Å². The van der Waals surface area contributed by atoms with E-state index in [1.54, 1.807) is 0 Å². The van der Waals surface area contributed by atoms with Gasteiger partial charge in [0.15, 0.2) is 0 Å². The fourth-order valence-electron chi connectivity index (χ4n) is 3.33. The molecule has 0 radical (unpaired) electrons. The minimum Gasteiger partial charge on any atom is -0.466 e. The summed E-state index contributed by atoms with van der Waals surface area (Å²) in [5.74, 6) is 0.0933.